The number of aromatic nitrogens is 4. The average Bonchev–Trinajstić information content (AvgIpc) is 3.24. The van der Waals surface area contributed by atoms with E-state index < -0.39 is 9.84 Å². The van der Waals surface area contributed by atoms with Crippen LogP contribution < -0.4 is 0 Å². The Morgan fingerprint density at radius 2 is 2.00 bits per heavy atom. The first-order chi connectivity index (χ1) is 13.3. The predicted octanol–water partition coefficient (Wildman–Crippen LogP) is 1.55. The van der Waals surface area contributed by atoms with E-state index in [1.165, 1.54) is 17.3 Å². The Labute approximate surface area is 168 Å². The third kappa shape index (κ3) is 4.07. The topological polar surface area (TPSA) is 98.1 Å². The minimum Gasteiger partial charge on any atom is -0.335 e. The van der Waals surface area contributed by atoms with Gasteiger partial charge in [-0.3, -0.25) is 4.79 Å². The van der Waals surface area contributed by atoms with Gasteiger partial charge in [0, 0.05) is 12.1 Å². The molecule has 28 heavy (non-hydrogen) atoms. The molecule has 1 saturated carbocycles. The number of hydrogen-bond donors (Lipinski definition) is 0. The number of nitrogens with zero attached hydrogens (tertiary/aromatic N) is 5. The molecule has 2 heterocycles. The van der Waals surface area contributed by atoms with E-state index >= 15 is 0 Å². The molecule has 0 unspecified atom stereocenters. The highest BCUT2D eigenvalue weighted by atomic mass is 32.2. The zero-order chi connectivity index (χ0) is 19.9. The lowest BCUT2D eigenvalue weighted by molar-refractivity contribution is -0.130. The van der Waals surface area contributed by atoms with Crippen molar-refractivity contribution in [1.29, 1.82) is 0 Å². The number of tetrazole rings is 1. The lowest BCUT2D eigenvalue weighted by Crippen LogP contribution is -2.43. The van der Waals surface area contributed by atoms with Gasteiger partial charge in [-0.1, -0.05) is 17.8 Å². The van der Waals surface area contributed by atoms with E-state index in [2.05, 4.69) is 15.5 Å². The van der Waals surface area contributed by atoms with Gasteiger partial charge in [-0.15, -0.1) is 5.10 Å². The fourth-order valence-corrected chi connectivity index (χ4v) is 6.01. The maximum Gasteiger partial charge on any atom is 0.233 e. The maximum absolute atomic E-state index is 12.9. The lowest BCUT2D eigenvalue weighted by Gasteiger charge is -2.28. The summed E-state index contributed by atoms with van der Waals surface area (Å²) in [4.78, 5) is 14.7. The molecule has 2 fully saturated rings. The van der Waals surface area contributed by atoms with Crippen molar-refractivity contribution in [3.63, 3.8) is 0 Å². The third-order valence-corrected chi connectivity index (χ3v) is 7.99. The lowest BCUT2D eigenvalue weighted by atomic mass is 10.1. The molecule has 1 aromatic heterocycles. The monoisotopic (exact) mass is 421 g/mol. The second kappa shape index (κ2) is 7.47. The van der Waals surface area contributed by atoms with Gasteiger partial charge in [0.2, 0.25) is 11.1 Å². The molecule has 0 bridgehead atoms. The third-order valence-electron chi connectivity index (χ3n) is 5.33. The van der Waals surface area contributed by atoms with E-state index in [1.807, 2.05) is 36.9 Å². The molecule has 0 spiro atoms. The van der Waals surface area contributed by atoms with Gasteiger partial charge in [0.15, 0.2) is 9.84 Å². The molecular formula is C18H23N5O3S2. The van der Waals surface area contributed by atoms with E-state index in [1.54, 1.807) is 4.68 Å². The smallest absolute Gasteiger partial charge is 0.233 e. The van der Waals surface area contributed by atoms with E-state index in [-0.39, 0.29) is 35.2 Å². The molecule has 2 aliphatic rings. The summed E-state index contributed by atoms with van der Waals surface area (Å²) < 4.78 is 25.3. The van der Waals surface area contributed by atoms with E-state index in [9.17, 15) is 13.2 Å². The Hall–Kier alpha value is -1.94. The summed E-state index contributed by atoms with van der Waals surface area (Å²) in [6, 6.07) is 5.96. The van der Waals surface area contributed by atoms with Crippen LogP contribution in [0, 0.1) is 13.8 Å². The molecule has 0 N–H and O–H groups in total. The van der Waals surface area contributed by atoms with Crippen LogP contribution in [0.3, 0.4) is 0 Å². The molecule has 150 valence electrons. The number of rotatable bonds is 6. The van der Waals surface area contributed by atoms with Crippen molar-refractivity contribution >= 4 is 27.5 Å². The molecule has 1 atom stereocenters. The molecule has 1 amide bonds. The van der Waals surface area contributed by atoms with Crippen molar-refractivity contribution in [1.82, 2.24) is 25.1 Å². The van der Waals surface area contributed by atoms with Gasteiger partial charge in [0.05, 0.1) is 22.9 Å². The van der Waals surface area contributed by atoms with Crippen molar-refractivity contribution < 1.29 is 13.2 Å². The summed E-state index contributed by atoms with van der Waals surface area (Å²) in [5.74, 6) is 0.412. The molecule has 10 heteroatoms. The number of benzene rings is 1. The predicted molar refractivity (Wildman–Crippen MR) is 106 cm³/mol. The highest BCUT2D eigenvalue weighted by Crippen LogP contribution is 2.33. The van der Waals surface area contributed by atoms with Gasteiger partial charge in [-0.2, -0.15) is 4.68 Å². The van der Waals surface area contributed by atoms with Crippen LogP contribution in [0.1, 0.15) is 30.4 Å². The number of sulfone groups is 1. The molecule has 1 aliphatic carbocycles. The fraction of sp³-hybridized carbons (Fsp3) is 0.556. The van der Waals surface area contributed by atoms with Crippen LogP contribution in [-0.4, -0.2) is 68.8 Å². The Bertz CT molecular complexity index is 1000. The average molecular weight is 422 g/mol. The van der Waals surface area contributed by atoms with Crippen LogP contribution in [0.2, 0.25) is 0 Å². The van der Waals surface area contributed by atoms with E-state index in [0.29, 0.717) is 11.6 Å². The number of carbonyl (C=O) groups is 1. The Morgan fingerprint density at radius 1 is 1.21 bits per heavy atom. The molecule has 2 aromatic rings. The zero-order valence-corrected chi connectivity index (χ0v) is 17.5. The molecule has 1 aliphatic heterocycles. The molecule has 4 rings (SSSR count). The second-order valence-electron chi connectivity index (χ2n) is 7.52. The quantitative estimate of drug-likeness (QED) is 0.653. The first-order valence-corrected chi connectivity index (χ1v) is 12.1. The normalized spacial score (nSPS) is 21.0. The van der Waals surface area contributed by atoms with Crippen LogP contribution in [-0.2, 0) is 14.6 Å². The summed E-state index contributed by atoms with van der Waals surface area (Å²) in [5.41, 5.74) is 3.18. The summed E-state index contributed by atoms with van der Waals surface area (Å²) >= 11 is 1.29. The van der Waals surface area contributed by atoms with Crippen LogP contribution in [0.4, 0.5) is 0 Å². The van der Waals surface area contributed by atoms with Gasteiger partial charge >= 0.3 is 0 Å². The number of thioether (sulfide) groups is 1. The standard InChI is InChI=1S/C18H23N5O3S2/c1-12-3-4-15(9-13(12)2)23-18(19-20-21-23)27-10-17(24)22(14-5-6-14)16-7-8-28(25,26)11-16/h3-4,9,14,16H,5-8,10-11H2,1-2H3/t16-/m1/s1. The molecule has 8 nitrogen and oxygen atoms in total. The van der Waals surface area contributed by atoms with Crippen molar-refractivity contribution in [3.05, 3.63) is 29.3 Å². The first-order valence-electron chi connectivity index (χ1n) is 9.34. The first kappa shape index (κ1) is 19.4. The minimum atomic E-state index is -3.03. The Morgan fingerprint density at radius 3 is 2.64 bits per heavy atom. The number of hydrogen-bond acceptors (Lipinski definition) is 7. The number of aryl methyl sites for hydroxylation is 2. The van der Waals surface area contributed by atoms with Gasteiger partial charge < -0.3 is 4.90 Å². The fourth-order valence-electron chi connectivity index (χ4n) is 3.54. The summed E-state index contributed by atoms with van der Waals surface area (Å²) in [6.07, 6.45) is 2.44. The van der Waals surface area contributed by atoms with Crippen LogP contribution >= 0.6 is 11.8 Å². The van der Waals surface area contributed by atoms with Gasteiger partial charge in [-0.05, 0) is 66.8 Å². The Kier molecular flexibility index (Phi) is 5.17. The summed E-state index contributed by atoms with van der Waals surface area (Å²) in [6.45, 7) is 4.07. The van der Waals surface area contributed by atoms with Crippen LogP contribution in [0.25, 0.3) is 5.69 Å². The van der Waals surface area contributed by atoms with Gasteiger partial charge in [-0.25, -0.2) is 8.42 Å². The van der Waals surface area contributed by atoms with Crippen molar-refractivity contribution in [2.24, 2.45) is 0 Å². The maximum atomic E-state index is 12.9. The van der Waals surface area contributed by atoms with Crippen LogP contribution in [0.5, 0.6) is 0 Å². The van der Waals surface area contributed by atoms with Gasteiger partial charge in [0.25, 0.3) is 0 Å². The van der Waals surface area contributed by atoms with Crippen molar-refractivity contribution in [2.75, 3.05) is 17.3 Å². The highest BCUT2D eigenvalue weighted by molar-refractivity contribution is 7.99. The van der Waals surface area contributed by atoms with E-state index in [4.69, 9.17) is 0 Å². The molecular weight excluding hydrogens is 398 g/mol. The van der Waals surface area contributed by atoms with Crippen LogP contribution in [0.15, 0.2) is 23.4 Å². The summed E-state index contributed by atoms with van der Waals surface area (Å²) in [7, 11) is -3.03. The molecule has 1 saturated heterocycles. The van der Waals surface area contributed by atoms with Crippen molar-refractivity contribution in [2.45, 2.75) is 50.4 Å². The highest BCUT2D eigenvalue weighted by Gasteiger charge is 2.42. The zero-order valence-electron chi connectivity index (χ0n) is 15.9. The van der Waals surface area contributed by atoms with E-state index in [0.717, 1.165) is 24.1 Å². The van der Waals surface area contributed by atoms with Gasteiger partial charge in [0.1, 0.15) is 0 Å². The van der Waals surface area contributed by atoms with Crippen molar-refractivity contribution in [3.8, 4) is 5.69 Å². The largest absolute Gasteiger partial charge is 0.335 e. The molecule has 1 aromatic carbocycles. The minimum absolute atomic E-state index is 0.0377. The molecule has 0 radical (unpaired) electrons. The SMILES string of the molecule is Cc1ccc(-n2nnnc2SCC(=O)N(C2CC2)[C@@H]2CCS(=O)(=O)C2)cc1C. The Balaban J connectivity index is 1.46. The second-order valence-corrected chi connectivity index (χ2v) is 10.7. The number of carbonyl (C=O) groups excluding carboxylic acids is 1. The number of amides is 1. The summed E-state index contributed by atoms with van der Waals surface area (Å²) in [5, 5.41) is 12.4.